The number of fused-ring (bicyclic) bond motifs is 2. The Morgan fingerprint density at radius 3 is 1.10 bits per heavy atom. The SMILES string of the molecule is O=S(=O)(O)c1cc(S(=O)(=O)O)c2c(c1)ncn2-c1ccc(-n2cnc3cc(S(=O)(=O)O)cc(S(=O)(=O)O)c32)cc1. The molecule has 4 N–H and O–H groups in total. The smallest absolute Gasteiger partial charge is 0.296 e. The van der Waals surface area contributed by atoms with Gasteiger partial charge in [0.05, 0.1) is 31.9 Å². The number of nitrogens with zero attached hydrogens (tertiary/aromatic N) is 4. The molecule has 2 aromatic heterocycles. The summed E-state index contributed by atoms with van der Waals surface area (Å²) in [6.07, 6.45) is 2.25. The molecule has 20 heteroatoms. The maximum absolute atomic E-state index is 12.0. The first kappa shape index (κ1) is 27.8. The van der Waals surface area contributed by atoms with Gasteiger partial charge in [-0.1, -0.05) is 0 Å². The monoisotopic (exact) mass is 630 g/mol. The van der Waals surface area contributed by atoms with Gasteiger partial charge >= 0.3 is 0 Å². The minimum Gasteiger partial charge on any atom is -0.297 e. The van der Waals surface area contributed by atoms with Gasteiger partial charge in [-0.2, -0.15) is 33.7 Å². The van der Waals surface area contributed by atoms with Crippen molar-refractivity contribution in [2.24, 2.45) is 0 Å². The molecule has 0 amide bonds. The highest BCUT2D eigenvalue weighted by atomic mass is 32.2. The highest BCUT2D eigenvalue weighted by molar-refractivity contribution is 7.87. The minimum atomic E-state index is -5.00. The fourth-order valence-electron chi connectivity index (χ4n) is 4.03. The number of aromatic nitrogens is 4. The van der Waals surface area contributed by atoms with Gasteiger partial charge in [0.25, 0.3) is 40.5 Å². The Bertz CT molecular complexity index is 2140. The molecule has 5 aromatic rings. The average Bonchev–Trinajstić information content (AvgIpc) is 3.45. The summed E-state index contributed by atoms with van der Waals surface area (Å²) >= 11 is 0. The Hall–Kier alpha value is -3.76. The maximum Gasteiger partial charge on any atom is 0.296 e. The average molecular weight is 631 g/mol. The van der Waals surface area contributed by atoms with Crippen LogP contribution >= 0.6 is 0 Å². The summed E-state index contributed by atoms with van der Waals surface area (Å²) in [5, 5.41) is 0. The van der Waals surface area contributed by atoms with Crippen molar-refractivity contribution >= 4 is 62.5 Å². The number of hydrogen-bond donors (Lipinski definition) is 4. The number of rotatable bonds is 6. The lowest BCUT2D eigenvalue weighted by molar-refractivity contribution is 0.477. The molecule has 210 valence electrons. The van der Waals surface area contributed by atoms with Crippen LogP contribution in [0.2, 0.25) is 0 Å². The van der Waals surface area contributed by atoms with Gasteiger partial charge in [0, 0.05) is 11.4 Å². The molecule has 0 radical (unpaired) electrons. The summed E-state index contributed by atoms with van der Waals surface area (Å²) in [5.74, 6) is 0. The minimum absolute atomic E-state index is 0.195. The van der Waals surface area contributed by atoms with E-state index < -0.39 is 60.1 Å². The van der Waals surface area contributed by atoms with E-state index in [2.05, 4.69) is 9.97 Å². The van der Waals surface area contributed by atoms with Gasteiger partial charge in [-0.15, -0.1) is 0 Å². The van der Waals surface area contributed by atoms with Crippen LogP contribution in [0.5, 0.6) is 0 Å². The predicted octanol–water partition coefficient (Wildman–Crippen LogP) is 1.35. The van der Waals surface area contributed by atoms with Crippen LogP contribution in [0.25, 0.3) is 33.4 Å². The second-order valence-corrected chi connectivity index (χ2v) is 13.8. The molecule has 16 nitrogen and oxygen atoms in total. The molecule has 0 aliphatic heterocycles. The van der Waals surface area contributed by atoms with E-state index in [0.717, 1.165) is 24.8 Å². The fourth-order valence-corrected chi connectivity index (χ4v) is 6.68. The lowest BCUT2D eigenvalue weighted by Gasteiger charge is -2.11. The van der Waals surface area contributed by atoms with Crippen molar-refractivity contribution in [2.45, 2.75) is 19.6 Å². The van der Waals surface area contributed by atoms with Crippen LogP contribution < -0.4 is 0 Å². The van der Waals surface area contributed by atoms with Crippen molar-refractivity contribution in [3.63, 3.8) is 0 Å². The molecule has 5 rings (SSSR count). The first-order chi connectivity index (χ1) is 18.4. The van der Waals surface area contributed by atoms with Gasteiger partial charge in [-0.25, -0.2) is 9.97 Å². The van der Waals surface area contributed by atoms with Gasteiger partial charge in [0.2, 0.25) is 0 Å². The second-order valence-electron chi connectivity index (χ2n) is 8.22. The quantitative estimate of drug-likeness (QED) is 0.193. The van der Waals surface area contributed by atoms with Gasteiger partial charge in [0.1, 0.15) is 22.4 Å². The van der Waals surface area contributed by atoms with Crippen LogP contribution in [-0.2, 0) is 40.5 Å². The molecule has 0 saturated heterocycles. The van der Waals surface area contributed by atoms with E-state index >= 15 is 0 Å². The van der Waals surface area contributed by atoms with Crippen molar-refractivity contribution in [1.82, 2.24) is 19.1 Å². The molecule has 2 heterocycles. The van der Waals surface area contributed by atoms with Gasteiger partial charge in [-0.3, -0.25) is 27.3 Å². The summed E-state index contributed by atoms with van der Waals surface area (Å²) in [7, 11) is -19.7. The normalized spacial score (nSPS) is 13.3. The van der Waals surface area contributed by atoms with Gasteiger partial charge < -0.3 is 0 Å². The lowest BCUT2D eigenvalue weighted by atomic mass is 10.2. The zero-order valence-corrected chi connectivity index (χ0v) is 22.5. The van der Waals surface area contributed by atoms with Crippen molar-refractivity contribution in [3.05, 3.63) is 61.2 Å². The van der Waals surface area contributed by atoms with Crippen LogP contribution in [-0.4, -0.2) is 71.0 Å². The first-order valence-corrected chi connectivity index (χ1v) is 16.1. The van der Waals surface area contributed by atoms with Crippen LogP contribution in [0.3, 0.4) is 0 Å². The molecule has 0 unspecified atom stereocenters. The predicted molar refractivity (Wildman–Crippen MR) is 135 cm³/mol. The Morgan fingerprint density at radius 2 is 0.825 bits per heavy atom. The first-order valence-electron chi connectivity index (χ1n) is 10.4. The van der Waals surface area contributed by atoms with E-state index in [-0.39, 0.29) is 33.4 Å². The zero-order chi connectivity index (χ0) is 29.4. The number of benzene rings is 3. The Balaban J connectivity index is 1.69. The maximum atomic E-state index is 12.0. The van der Waals surface area contributed by atoms with Gasteiger partial charge in [0.15, 0.2) is 0 Å². The van der Waals surface area contributed by atoms with Crippen molar-refractivity contribution < 1.29 is 51.9 Å². The van der Waals surface area contributed by atoms with Crippen molar-refractivity contribution in [3.8, 4) is 11.4 Å². The highest BCUT2D eigenvalue weighted by Crippen LogP contribution is 2.31. The molecule has 0 bridgehead atoms. The number of imidazole rings is 2. The van der Waals surface area contributed by atoms with E-state index in [0.29, 0.717) is 12.1 Å². The fraction of sp³-hybridized carbons (Fsp3) is 0. The molecule has 0 aliphatic rings. The summed E-state index contributed by atoms with van der Waals surface area (Å²) in [4.78, 5) is 4.58. The Morgan fingerprint density at radius 1 is 0.500 bits per heavy atom. The molecule has 40 heavy (non-hydrogen) atoms. The lowest BCUT2D eigenvalue weighted by Crippen LogP contribution is -2.07. The molecule has 0 spiro atoms. The molecule has 0 fully saturated rings. The van der Waals surface area contributed by atoms with Crippen molar-refractivity contribution in [1.29, 1.82) is 0 Å². The molecular weight excluding hydrogens is 617 g/mol. The topological polar surface area (TPSA) is 253 Å². The molecular formula is C20H14N4O12S4. The Labute approximate surface area is 225 Å². The number of hydrogen-bond acceptors (Lipinski definition) is 10. The van der Waals surface area contributed by atoms with Crippen LogP contribution in [0.15, 0.2) is 80.8 Å². The summed E-state index contributed by atoms with van der Waals surface area (Å²) in [6, 6.07) is 8.57. The summed E-state index contributed by atoms with van der Waals surface area (Å²) < 4.78 is 135. The van der Waals surface area contributed by atoms with Gasteiger partial charge in [-0.05, 0) is 48.5 Å². The highest BCUT2D eigenvalue weighted by Gasteiger charge is 2.26. The summed E-state index contributed by atoms with van der Waals surface area (Å²) in [6.45, 7) is 0. The van der Waals surface area contributed by atoms with Crippen LogP contribution in [0, 0.1) is 0 Å². The molecule has 0 aliphatic carbocycles. The standard InChI is InChI=1S/C20H14N4O12S4/c25-37(26,27)13-5-15-19(17(7-13)39(31,32)33)23(9-21-15)11-1-2-12(4-3-11)24-10-22-16-6-14(38(28,29)30)8-18(20(16)24)40(34,35)36/h1-10H,(H,25,26,27)(H,28,29,30)(H,31,32,33)(H,34,35,36). The second kappa shape index (κ2) is 8.87. The van der Waals surface area contributed by atoms with Crippen molar-refractivity contribution in [2.75, 3.05) is 0 Å². The molecule has 0 atom stereocenters. The summed E-state index contributed by atoms with van der Waals surface area (Å²) in [5.41, 5.74) is -0.350. The molecule has 3 aromatic carbocycles. The van der Waals surface area contributed by atoms with E-state index in [1.54, 1.807) is 0 Å². The van der Waals surface area contributed by atoms with E-state index in [4.69, 9.17) is 0 Å². The third-order valence-corrected chi connectivity index (χ3v) is 9.12. The van der Waals surface area contributed by atoms with E-state index in [1.807, 2.05) is 0 Å². The third-order valence-electron chi connectivity index (χ3n) is 5.72. The molecule has 0 saturated carbocycles. The van der Waals surface area contributed by atoms with Crippen LogP contribution in [0.1, 0.15) is 0 Å². The zero-order valence-electron chi connectivity index (χ0n) is 19.3. The van der Waals surface area contributed by atoms with E-state index in [9.17, 15) is 51.9 Å². The Kier molecular flexibility index (Phi) is 6.16. The van der Waals surface area contributed by atoms with E-state index in [1.165, 1.54) is 33.4 Å². The largest absolute Gasteiger partial charge is 0.297 e. The third kappa shape index (κ3) is 4.86. The van der Waals surface area contributed by atoms with Crippen LogP contribution in [0.4, 0.5) is 0 Å².